The molecule has 1 aromatic rings. The Hall–Kier alpha value is -2.96. The van der Waals surface area contributed by atoms with E-state index in [0.29, 0.717) is 24.2 Å². The molecule has 4 amide bonds. The number of benzene rings is 1. The van der Waals surface area contributed by atoms with Gasteiger partial charge in [-0.1, -0.05) is 24.3 Å². The van der Waals surface area contributed by atoms with Crippen LogP contribution in [-0.2, 0) is 19.2 Å². The summed E-state index contributed by atoms with van der Waals surface area (Å²) in [7, 11) is 0. The number of para-hydroxylation sites is 2. The molecule has 7 nitrogen and oxygen atoms in total. The Bertz CT molecular complexity index is 790. The molecular weight excluding hydrogens is 322 g/mol. The van der Waals surface area contributed by atoms with E-state index in [0.717, 1.165) is 4.90 Å². The van der Waals surface area contributed by atoms with E-state index in [1.165, 1.54) is 4.90 Å². The van der Waals surface area contributed by atoms with Gasteiger partial charge in [0.1, 0.15) is 13.1 Å². The van der Waals surface area contributed by atoms with Gasteiger partial charge in [0, 0.05) is 0 Å². The second-order valence-corrected chi connectivity index (χ2v) is 6.46. The molecule has 1 aliphatic carbocycles. The first-order valence-electron chi connectivity index (χ1n) is 8.25. The Morgan fingerprint density at radius 2 is 1.68 bits per heavy atom. The molecule has 0 saturated carbocycles. The maximum Gasteiger partial charge on any atom is 0.247 e. The molecule has 2 heterocycles. The number of hydrogen-bond donors (Lipinski definition) is 1. The van der Waals surface area contributed by atoms with E-state index in [2.05, 4.69) is 5.32 Å². The molecule has 0 bridgehead atoms. The van der Waals surface area contributed by atoms with Gasteiger partial charge in [0.2, 0.25) is 23.6 Å². The van der Waals surface area contributed by atoms with Gasteiger partial charge in [0.15, 0.2) is 0 Å². The third-order valence-electron chi connectivity index (χ3n) is 4.96. The predicted octanol–water partition coefficient (Wildman–Crippen LogP) is 0.923. The average Bonchev–Trinajstić information content (AvgIpc) is 2.86. The Morgan fingerprint density at radius 1 is 1.04 bits per heavy atom. The van der Waals surface area contributed by atoms with Gasteiger partial charge >= 0.3 is 0 Å². The third kappa shape index (κ3) is 2.52. The number of hydrogen-bond acceptors (Lipinski definition) is 4. The summed E-state index contributed by atoms with van der Waals surface area (Å²) in [5.41, 5.74) is 1.12. The monoisotopic (exact) mass is 339 g/mol. The van der Waals surface area contributed by atoms with Crippen LogP contribution in [0.4, 0.5) is 11.4 Å². The Morgan fingerprint density at radius 3 is 2.36 bits per heavy atom. The first-order valence-corrected chi connectivity index (χ1v) is 8.25. The largest absolute Gasteiger partial charge is 0.323 e. The van der Waals surface area contributed by atoms with Crippen LogP contribution < -0.4 is 10.2 Å². The van der Waals surface area contributed by atoms with E-state index in [4.69, 9.17) is 0 Å². The van der Waals surface area contributed by atoms with Crippen molar-refractivity contribution in [3.8, 4) is 0 Å². The van der Waals surface area contributed by atoms with Crippen molar-refractivity contribution in [2.45, 2.75) is 12.8 Å². The number of fused-ring (bicyclic) bond motifs is 2. The normalized spacial score (nSPS) is 24.9. The Kier molecular flexibility index (Phi) is 3.63. The second kappa shape index (κ2) is 5.84. The number of amides is 4. The third-order valence-corrected chi connectivity index (χ3v) is 4.96. The van der Waals surface area contributed by atoms with E-state index in [1.54, 1.807) is 24.3 Å². The van der Waals surface area contributed by atoms with E-state index in [1.807, 2.05) is 12.2 Å². The Labute approximate surface area is 144 Å². The van der Waals surface area contributed by atoms with Gasteiger partial charge < -0.3 is 5.32 Å². The number of imide groups is 1. The van der Waals surface area contributed by atoms with Gasteiger partial charge in [-0.3, -0.25) is 29.0 Å². The van der Waals surface area contributed by atoms with Gasteiger partial charge in [-0.2, -0.15) is 0 Å². The number of carbonyl (C=O) groups excluding carboxylic acids is 4. The van der Waals surface area contributed by atoms with Crippen LogP contribution >= 0.6 is 0 Å². The van der Waals surface area contributed by atoms with Crippen LogP contribution in [0.5, 0.6) is 0 Å². The molecule has 0 aromatic heterocycles. The van der Waals surface area contributed by atoms with Crippen LogP contribution in [0.2, 0.25) is 0 Å². The first-order chi connectivity index (χ1) is 12.1. The highest BCUT2D eigenvalue weighted by molar-refractivity contribution is 6.13. The molecule has 3 aliphatic rings. The van der Waals surface area contributed by atoms with Crippen LogP contribution in [0.25, 0.3) is 0 Å². The van der Waals surface area contributed by atoms with Crippen molar-refractivity contribution in [1.29, 1.82) is 0 Å². The fraction of sp³-hybridized carbons (Fsp3) is 0.333. The maximum absolute atomic E-state index is 12.7. The number of allylic oxidation sites excluding steroid dienone is 2. The van der Waals surface area contributed by atoms with Crippen molar-refractivity contribution in [3.05, 3.63) is 36.4 Å². The fourth-order valence-electron chi connectivity index (χ4n) is 3.70. The van der Waals surface area contributed by atoms with Gasteiger partial charge in [-0.15, -0.1) is 0 Å². The SMILES string of the molecule is O=C1CN(C(=O)CN2C(=O)[C@H]3CC=CC[C@@H]3C2=O)c2ccccc2N1. The molecule has 7 heteroatoms. The maximum atomic E-state index is 12.7. The minimum atomic E-state index is -0.435. The van der Waals surface area contributed by atoms with Crippen LogP contribution in [-0.4, -0.2) is 41.6 Å². The smallest absolute Gasteiger partial charge is 0.247 e. The summed E-state index contributed by atoms with van der Waals surface area (Å²) in [6.45, 7) is -0.452. The summed E-state index contributed by atoms with van der Waals surface area (Å²) in [6, 6.07) is 6.96. The van der Waals surface area contributed by atoms with Crippen molar-refractivity contribution < 1.29 is 19.2 Å². The zero-order valence-electron chi connectivity index (χ0n) is 13.5. The molecule has 4 rings (SSSR count). The zero-order valence-corrected chi connectivity index (χ0v) is 13.5. The molecule has 0 radical (unpaired) electrons. The van der Waals surface area contributed by atoms with Crippen LogP contribution in [0, 0.1) is 11.8 Å². The highest BCUT2D eigenvalue weighted by atomic mass is 16.2. The first kappa shape index (κ1) is 15.6. The van der Waals surface area contributed by atoms with Crippen molar-refractivity contribution >= 4 is 35.0 Å². The molecular formula is C18H17N3O4. The lowest BCUT2D eigenvalue weighted by Gasteiger charge is -2.30. The lowest BCUT2D eigenvalue weighted by Crippen LogP contribution is -2.48. The van der Waals surface area contributed by atoms with Gasteiger partial charge in [0.05, 0.1) is 23.2 Å². The van der Waals surface area contributed by atoms with Crippen LogP contribution in [0.3, 0.4) is 0 Å². The second-order valence-electron chi connectivity index (χ2n) is 6.46. The highest BCUT2D eigenvalue weighted by Gasteiger charge is 2.48. The average molecular weight is 339 g/mol. The van der Waals surface area contributed by atoms with Gasteiger partial charge in [-0.05, 0) is 25.0 Å². The summed E-state index contributed by atoms with van der Waals surface area (Å²) >= 11 is 0. The minimum Gasteiger partial charge on any atom is -0.323 e. The number of rotatable bonds is 2. The molecule has 128 valence electrons. The quantitative estimate of drug-likeness (QED) is 0.641. The summed E-state index contributed by atoms with van der Waals surface area (Å²) in [4.78, 5) is 52.0. The van der Waals surface area contributed by atoms with E-state index < -0.39 is 5.91 Å². The minimum absolute atomic E-state index is 0.125. The summed E-state index contributed by atoms with van der Waals surface area (Å²) in [5, 5.41) is 2.71. The van der Waals surface area contributed by atoms with Crippen molar-refractivity contribution in [3.63, 3.8) is 0 Å². The van der Waals surface area contributed by atoms with Crippen LogP contribution in [0.15, 0.2) is 36.4 Å². The Balaban J connectivity index is 1.56. The number of likely N-dealkylation sites (tertiary alicyclic amines) is 1. The molecule has 25 heavy (non-hydrogen) atoms. The number of carbonyl (C=O) groups is 4. The van der Waals surface area contributed by atoms with Gasteiger partial charge in [-0.25, -0.2) is 0 Å². The van der Waals surface area contributed by atoms with E-state index >= 15 is 0 Å². The molecule has 2 aliphatic heterocycles. The zero-order chi connectivity index (χ0) is 17.6. The molecule has 0 unspecified atom stereocenters. The van der Waals surface area contributed by atoms with E-state index in [-0.39, 0.29) is 42.6 Å². The standard InChI is InChI=1S/C18H17N3O4/c22-15-9-20(14-8-4-3-7-13(14)19-15)16(23)10-21-17(24)11-5-1-2-6-12(11)18(21)25/h1-4,7-8,11-12H,5-6,9-10H2,(H,19,22)/t11-,12-/m0/s1. The van der Waals surface area contributed by atoms with E-state index in [9.17, 15) is 19.2 Å². The molecule has 2 atom stereocenters. The lowest BCUT2D eigenvalue weighted by molar-refractivity contribution is -0.143. The van der Waals surface area contributed by atoms with Crippen LogP contribution in [0.1, 0.15) is 12.8 Å². The lowest BCUT2D eigenvalue weighted by atomic mass is 9.85. The summed E-state index contributed by atoms with van der Waals surface area (Å²) < 4.78 is 0. The summed E-state index contributed by atoms with van der Waals surface area (Å²) in [6.07, 6.45) is 4.88. The summed E-state index contributed by atoms with van der Waals surface area (Å²) in [5.74, 6) is -2.03. The van der Waals surface area contributed by atoms with Crippen molar-refractivity contribution in [2.24, 2.45) is 11.8 Å². The number of nitrogens with zero attached hydrogens (tertiary/aromatic N) is 2. The molecule has 1 aromatic carbocycles. The molecule has 1 saturated heterocycles. The number of nitrogens with one attached hydrogen (secondary N) is 1. The molecule has 1 N–H and O–H groups in total. The number of anilines is 2. The topological polar surface area (TPSA) is 86.8 Å². The highest BCUT2D eigenvalue weighted by Crippen LogP contribution is 2.35. The van der Waals surface area contributed by atoms with Crippen molar-refractivity contribution in [2.75, 3.05) is 23.3 Å². The molecule has 1 fully saturated rings. The fourth-order valence-corrected chi connectivity index (χ4v) is 3.70. The van der Waals surface area contributed by atoms with Crippen molar-refractivity contribution in [1.82, 2.24) is 4.90 Å². The predicted molar refractivity (Wildman–Crippen MR) is 89.5 cm³/mol. The molecule has 0 spiro atoms. The van der Waals surface area contributed by atoms with Gasteiger partial charge in [0.25, 0.3) is 0 Å².